The van der Waals surface area contributed by atoms with Gasteiger partial charge in [0.25, 0.3) is 0 Å². The predicted molar refractivity (Wildman–Crippen MR) is 74.7 cm³/mol. The maximum absolute atomic E-state index is 13.7. The van der Waals surface area contributed by atoms with Gasteiger partial charge in [0.05, 0.1) is 0 Å². The molecule has 0 amide bonds. The SMILES string of the molecule is CNCC[C@@H](Oc1ccccc1F)c1cccc(F)c1. The molecular formula is C16H17F2NO. The zero-order valence-electron chi connectivity index (χ0n) is 11.3. The van der Waals surface area contributed by atoms with E-state index in [0.717, 1.165) is 0 Å². The third kappa shape index (κ3) is 3.78. The number of nitrogens with one attached hydrogen (secondary N) is 1. The number of halogens is 2. The van der Waals surface area contributed by atoms with E-state index in [1.807, 2.05) is 7.05 Å². The number of para-hydroxylation sites is 1. The second-order valence-electron chi connectivity index (χ2n) is 4.48. The maximum Gasteiger partial charge on any atom is 0.165 e. The van der Waals surface area contributed by atoms with E-state index < -0.39 is 11.9 Å². The zero-order valence-corrected chi connectivity index (χ0v) is 11.3. The van der Waals surface area contributed by atoms with Crippen LogP contribution in [0, 0.1) is 11.6 Å². The Hall–Kier alpha value is -1.94. The summed E-state index contributed by atoms with van der Waals surface area (Å²) in [6, 6.07) is 12.4. The lowest BCUT2D eigenvalue weighted by Crippen LogP contribution is -2.16. The van der Waals surface area contributed by atoms with Gasteiger partial charge in [-0.05, 0) is 43.4 Å². The molecule has 0 spiro atoms. The van der Waals surface area contributed by atoms with Crippen molar-refractivity contribution in [1.82, 2.24) is 5.32 Å². The maximum atomic E-state index is 13.7. The van der Waals surface area contributed by atoms with Crippen molar-refractivity contribution in [2.45, 2.75) is 12.5 Å². The molecule has 2 rings (SSSR count). The Morgan fingerprint density at radius 3 is 2.60 bits per heavy atom. The van der Waals surface area contributed by atoms with Crippen LogP contribution in [0.4, 0.5) is 8.78 Å². The molecule has 2 aromatic rings. The molecule has 1 atom stereocenters. The largest absolute Gasteiger partial charge is 0.483 e. The second-order valence-corrected chi connectivity index (χ2v) is 4.48. The first-order valence-corrected chi connectivity index (χ1v) is 6.52. The highest BCUT2D eigenvalue weighted by atomic mass is 19.1. The van der Waals surface area contributed by atoms with Crippen LogP contribution in [-0.2, 0) is 0 Å². The number of hydrogen-bond donors (Lipinski definition) is 1. The molecule has 2 aromatic carbocycles. The van der Waals surface area contributed by atoms with E-state index >= 15 is 0 Å². The van der Waals surface area contributed by atoms with E-state index in [1.165, 1.54) is 18.2 Å². The van der Waals surface area contributed by atoms with Crippen molar-refractivity contribution in [3.8, 4) is 5.75 Å². The first-order chi connectivity index (χ1) is 9.70. The lowest BCUT2D eigenvalue weighted by Gasteiger charge is -2.20. The lowest BCUT2D eigenvalue weighted by atomic mass is 10.1. The molecule has 0 aliphatic rings. The monoisotopic (exact) mass is 277 g/mol. The predicted octanol–water partition coefficient (Wildman–Crippen LogP) is 3.69. The summed E-state index contributed by atoms with van der Waals surface area (Å²) >= 11 is 0. The fourth-order valence-electron chi connectivity index (χ4n) is 1.97. The molecule has 0 aliphatic carbocycles. The Balaban J connectivity index is 2.21. The van der Waals surface area contributed by atoms with Crippen molar-refractivity contribution in [2.24, 2.45) is 0 Å². The smallest absolute Gasteiger partial charge is 0.165 e. The van der Waals surface area contributed by atoms with Crippen LogP contribution in [0.2, 0.25) is 0 Å². The second kappa shape index (κ2) is 7.01. The lowest BCUT2D eigenvalue weighted by molar-refractivity contribution is 0.186. The average Bonchev–Trinajstić information content (AvgIpc) is 2.45. The van der Waals surface area contributed by atoms with Gasteiger partial charge < -0.3 is 10.1 Å². The molecule has 0 fully saturated rings. The molecule has 0 saturated carbocycles. The Kier molecular flexibility index (Phi) is 5.07. The van der Waals surface area contributed by atoms with Crippen LogP contribution in [-0.4, -0.2) is 13.6 Å². The number of ether oxygens (including phenoxy) is 1. The summed E-state index contributed by atoms with van der Waals surface area (Å²) in [6.07, 6.45) is 0.226. The molecule has 106 valence electrons. The number of hydrogen-bond acceptors (Lipinski definition) is 2. The van der Waals surface area contributed by atoms with Crippen molar-refractivity contribution in [3.05, 3.63) is 65.7 Å². The molecule has 1 N–H and O–H groups in total. The minimum Gasteiger partial charge on any atom is -0.483 e. The summed E-state index contributed by atoms with van der Waals surface area (Å²) in [4.78, 5) is 0. The van der Waals surface area contributed by atoms with Crippen LogP contribution in [0.3, 0.4) is 0 Å². The van der Waals surface area contributed by atoms with Gasteiger partial charge in [0.15, 0.2) is 11.6 Å². The number of benzene rings is 2. The Morgan fingerprint density at radius 2 is 1.90 bits per heavy atom. The van der Waals surface area contributed by atoms with Crippen LogP contribution in [0.5, 0.6) is 5.75 Å². The fourth-order valence-corrected chi connectivity index (χ4v) is 1.97. The normalized spacial score (nSPS) is 12.2. The standard InChI is InChI=1S/C16H17F2NO/c1-19-10-9-15(12-5-4-6-13(17)11-12)20-16-8-3-2-7-14(16)18/h2-8,11,15,19H,9-10H2,1H3/t15-/m1/s1. The van der Waals surface area contributed by atoms with Gasteiger partial charge in [-0.3, -0.25) is 0 Å². The third-order valence-corrected chi connectivity index (χ3v) is 2.98. The van der Waals surface area contributed by atoms with Gasteiger partial charge in [-0.25, -0.2) is 8.78 Å². The Morgan fingerprint density at radius 1 is 1.10 bits per heavy atom. The van der Waals surface area contributed by atoms with E-state index in [0.29, 0.717) is 18.5 Å². The first-order valence-electron chi connectivity index (χ1n) is 6.52. The van der Waals surface area contributed by atoms with Gasteiger partial charge in [-0.15, -0.1) is 0 Å². The Labute approximate surface area is 117 Å². The molecule has 20 heavy (non-hydrogen) atoms. The van der Waals surface area contributed by atoms with Crippen LogP contribution in [0.15, 0.2) is 48.5 Å². The molecule has 2 nitrogen and oxygen atoms in total. The molecule has 0 unspecified atom stereocenters. The highest BCUT2D eigenvalue weighted by molar-refractivity contribution is 5.26. The summed E-state index contributed by atoms with van der Waals surface area (Å²) in [6.45, 7) is 0.690. The fraction of sp³-hybridized carbons (Fsp3) is 0.250. The summed E-state index contributed by atoms with van der Waals surface area (Å²) in [5, 5.41) is 3.02. The van der Waals surface area contributed by atoms with E-state index in [4.69, 9.17) is 4.74 Å². The van der Waals surface area contributed by atoms with Gasteiger partial charge in [0.1, 0.15) is 11.9 Å². The minimum absolute atomic E-state index is 0.179. The van der Waals surface area contributed by atoms with Crippen LogP contribution >= 0.6 is 0 Å². The molecule has 0 radical (unpaired) electrons. The molecule has 0 heterocycles. The molecule has 0 bridgehead atoms. The summed E-state index contributed by atoms with van der Waals surface area (Å²) in [5.74, 6) is -0.565. The summed E-state index contributed by atoms with van der Waals surface area (Å²) in [5.41, 5.74) is 0.698. The van der Waals surface area contributed by atoms with Crippen molar-refractivity contribution in [3.63, 3.8) is 0 Å². The molecule has 0 saturated heterocycles. The van der Waals surface area contributed by atoms with Gasteiger partial charge >= 0.3 is 0 Å². The van der Waals surface area contributed by atoms with E-state index in [1.54, 1.807) is 30.3 Å². The van der Waals surface area contributed by atoms with Crippen LogP contribution in [0.1, 0.15) is 18.1 Å². The molecular weight excluding hydrogens is 260 g/mol. The molecule has 4 heteroatoms. The van der Waals surface area contributed by atoms with Gasteiger partial charge in [-0.1, -0.05) is 24.3 Å². The van der Waals surface area contributed by atoms with Gasteiger partial charge in [0.2, 0.25) is 0 Å². The van der Waals surface area contributed by atoms with E-state index in [9.17, 15) is 8.78 Å². The molecule has 0 aromatic heterocycles. The minimum atomic E-state index is -0.418. The first kappa shape index (κ1) is 14.5. The van der Waals surface area contributed by atoms with Crippen LogP contribution in [0.25, 0.3) is 0 Å². The number of rotatable bonds is 6. The van der Waals surface area contributed by atoms with E-state index in [2.05, 4.69) is 5.32 Å². The zero-order chi connectivity index (χ0) is 14.4. The highest BCUT2D eigenvalue weighted by Crippen LogP contribution is 2.26. The van der Waals surface area contributed by atoms with Crippen molar-refractivity contribution < 1.29 is 13.5 Å². The Bertz CT molecular complexity index is 560. The third-order valence-electron chi connectivity index (χ3n) is 2.98. The van der Waals surface area contributed by atoms with Crippen molar-refractivity contribution >= 4 is 0 Å². The summed E-state index contributed by atoms with van der Waals surface area (Å²) < 4.78 is 32.7. The van der Waals surface area contributed by atoms with Crippen LogP contribution < -0.4 is 10.1 Å². The van der Waals surface area contributed by atoms with Crippen molar-refractivity contribution in [1.29, 1.82) is 0 Å². The topological polar surface area (TPSA) is 21.3 Å². The average molecular weight is 277 g/mol. The quantitative estimate of drug-likeness (QED) is 0.869. The van der Waals surface area contributed by atoms with Gasteiger partial charge in [0, 0.05) is 6.42 Å². The van der Waals surface area contributed by atoms with Crippen molar-refractivity contribution in [2.75, 3.05) is 13.6 Å². The summed E-state index contributed by atoms with van der Waals surface area (Å²) in [7, 11) is 1.83. The van der Waals surface area contributed by atoms with E-state index in [-0.39, 0.29) is 11.6 Å². The van der Waals surface area contributed by atoms with Gasteiger partial charge in [-0.2, -0.15) is 0 Å². The highest BCUT2D eigenvalue weighted by Gasteiger charge is 2.15. The molecule has 0 aliphatic heterocycles.